The van der Waals surface area contributed by atoms with Crippen molar-refractivity contribution in [3.05, 3.63) is 65.2 Å². The number of nitrogens with zero attached hydrogens (tertiary/aromatic N) is 2. The van der Waals surface area contributed by atoms with E-state index in [0.717, 1.165) is 11.1 Å². The Morgan fingerprint density at radius 3 is 2.81 bits per heavy atom. The average molecular weight is 370 g/mol. The van der Waals surface area contributed by atoms with Crippen LogP contribution in [0.3, 0.4) is 0 Å². The molecule has 0 N–H and O–H groups in total. The summed E-state index contributed by atoms with van der Waals surface area (Å²) >= 11 is 0. The fraction of sp³-hybridized carbons (Fsp3) is 0.381. The van der Waals surface area contributed by atoms with Crippen LogP contribution in [0.5, 0.6) is 0 Å². The number of methoxy groups -OCH3 is 1. The maximum atomic E-state index is 13.9. The first-order valence-corrected chi connectivity index (χ1v) is 9.02. The molecule has 6 heteroatoms. The summed E-state index contributed by atoms with van der Waals surface area (Å²) in [6.07, 6.45) is 4.51. The topological polar surface area (TPSA) is 59.5 Å². The zero-order valence-corrected chi connectivity index (χ0v) is 15.5. The van der Waals surface area contributed by atoms with Gasteiger partial charge in [-0.1, -0.05) is 25.1 Å². The lowest BCUT2D eigenvalue weighted by Gasteiger charge is -2.35. The molecular formula is C21H23FN2O3. The fourth-order valence-corrected chi connectivity index (χ4v) is 3.54. The predicted octanol–water partition coefficient (Wildman–Crippen LogP) is 2.92. The smallest absolute Gasteiger partial charge is 0.328 e. The molecule has 1 aliphatic rings. The van der Waals surface area contributed by atoms with E-state index >= 15 is 0 Å². The van der Waals surface area contributed by atoms with Crippen LogP contribution in [0.2, 0.25) is 0 Å². The first-order chi connectivity index (χ1) is 13.0. The molecule has 2 atom stereocenters. The van der Waals surface area contributed by atoms with Crippen LogP contribution in [-0.2, 0) is 33.7 Å². The number of rotatable bonds is 5. The van der Waals surface area contributed by atoms with Gasteiger partial charge in [0.1, 0.15) is 11.9 Å². The number of carbonyl (C=O) groups excluding carboxylic acids is 2. The van der Waals surface area contributed by atoms with E-state index in [4.69, 9.17) is 4.74 Å². The van der Waals surface area contributed by atoms with E-state index in [1.54, 1.807) is 35.5 Å². The highest BCUT2D eigenvalue weighted by Crippen LogP contribution is 2.25. The minimum Gasteiger partial charge on any atom is -0.467 e. The molecule has 0 radical (unpaired) electrons. The zero-order chi connectivity index (χ0) is 19.4. The summed E-state index contributed by atoms with van der Waals surface area (Å²) in [4.78, 5) is 30.8. The number of amides is 1. The van der Waals surface area contributed by atoms with Crippen molar-refractivity contribution in [2.24, 2.45) is 5.92 Å². The van der Waals surface area contributed by atoms with Crippen molar-refractivity contribution in [3.63, 3.8) is 0 Å². The van der Waals surface area contributed by atoms with Crippen LogP contribution in [-0.4, -0.2) is 34.9 Å². The van der Waals surface area contributed by atoms with Gasteiger partial charge in [-0.2, -0.15) is 0 Å². The number of ether oxygens (including phenoxy) is 1. The van der Waals surface area contributed by atoms with Crippen molar-refractivity contribution >= 4 is 11.9 Å². The van der Waals surface area contributed by atoms with Gasteiger partial charge in [-0.3, -0.25) is 9.78 Å². The summed E-state index contributed by atoms with van der Waals surface area (Å²) in [6.45, 7) is 2.27. The minimum absolute atomic E-state index is 0.0495. The van der Waals surface area contributed by atoms with Gasteiger partial charge in [0.25, 0.3) is 0 Å². The summed E-state index contributed by atoms with van der Waals surface area (Å²) < 4.78 is 18.8. The van der Waals surface area contributed by atoms with E-state index in [1.165, 1.54) is 13.2 Å². The molecule has 142 valence electrons. The Bertz CT molecular complexity index is 840. The maximum Gasteiger partial charge on any atom is 0.328 e. The monoisotopic (exact) mass is 370 g/mol. The van der Waals surface area contributed by atoms with E-state index < -0.39 is 12.0 Å². The van der Waals surface area contributed by atoms with Gasteiger partial charge in [-0.05, 0) is 41.2 Å². The summed E-state index contributed by atoms with van der Waals surface area (Å²) in [5.41, 5.74) is 2.54. The molecular weight excluding hydrogens is 347 g/mol. The number of hydrogen-bond acceptors (Lipinski definition) is 4. The molecule has 0 bridgehead atoms. The summed E-state index contributed by atoms with van der Waals surface area (Å²) in [6, 6.07) is 7.81. The van der Waals surface area contributed by atoms with Gasteiger partial charge in [-0.15, -0.1) is 0 Å². The molecule has 1 aliphatic heterocycles. The van der Waals surface area contributed by atoms with Crippen LogP contribution < -0.4 is 0 Å². The second-order valence-electron chi connectivity index (χ2n) is 7.01. The van der Waals surface area contributed by atoms with E-state index in [1.807, 2.05) is 13.0 Å². The maximum absolute atomic E-state index is 13.9. The Balaban J connectivity index is 1.73. The van der Waals surface area contributed by atoms with Crippen molar-refractivity contribution in [1.82, 2.24) is 9.88 Å². The van der Waals surface area contributed by atoms with Crippen molar-refractivity contribution in [2.75, 3.05) is 7.11 Å². The highest BCUT2D eigenvalue weighted by atomic mass is 19.1. The molecule has 1 amide bonds. The van der Waals surface area contributed by atoms with Crippen LogP contribution in [0.15, 0.2) is 42.7 Å². The number of pyridine rings is 1. The lowest BCUT2D eigenvalue weighted by molar-refractivity contribution is -0.154. The van der Waals surface area contributed by atoms with Gasteiger partial charge in [0.2, 0.25) is 5.91 Å². The molecule has 5 nitrogen and oxygen atoms in total. The third-order valence-corrected chi connectivity index (χ3v) is 4.98. The number of hydrogen-bond donors (Lipinski definition) is 0. The molecule has 2 aromatic rings. The minimum atomic E-state index is -0.653. The van der Waals surface area contributed by atoms with Crippen molar-refractivity contribution in [3.8, 4) is 0 Å². The van der Waals surface area contributed by atoms with Crippen LogP contribution in [0, 0.1) is 11.7 Å². The number of halogens is 1. The molecule has 27 heavy (non-hydrogen) atoms. The highest BCUT2D eigenvalue weighted by Gasteiger charge is 2.35. The molecule has 0 saturated heterocycles. The van der Waals surface area contributed by atoms with Crippen LogP contribution >= 0.6 is 0 Å². The lowest BCUT2D eigenvalue weighted by atomic mass is 9.93. The van der Waals surface area contributed by atoms with Gasteiger partial charge in [-0.25, -0.2) is 9.18 Å². The molecule has 0 aliphatic carbocycles. The summed E-state index contributed by atoms with van der Waals surface area (Å²) in [5.74, 6) is -0.869. The quantitative estimate of drug-likeness (QED) is 0.760. The number of benzene rings is 1. The lowest BCUT2D eigenvalue weighted by Crippen LogP contribution is -2.49. The number of aromatic nitrogens is 1. The van der Waals surface area contributed by atoms with E-state index in [-0.39, 0.29) is 24.1 Å². The number of esters is 1. The van der Waals surface area contributed by atoms with E-state index in [0.29, 0.717) is 24.9 Å². The normalized spacial score (nSPS) is 17.1. The van der Waals surface area contributed by atoms with Crippen LogP contribution in [0.25, 0.3) is 0 Å². The fourth-order valence-electron chi connectivity index (χ4n) is 3.54. The predicted molar refractivity (Wildman–Crippen MR) is 98.2 cm³/mol. The Morgan fingerprint density at radius 1 is 1.30 bits per heavy atom. The standard InChI is InChI=1S/C21H23FN2O3/c1-14(9-15-5-3-4-6-18(15)22)10-20(25)24-13-16-7-8-23-12-17(16)11-19(24)21(26)27-2/h3-8,12,14,19H,9-11,13H2,1-2H3/t14-,19?/m1/s1. The largest absolute Gasteiger partial charge is 0.467 e. The second-order valence-corrected chi connectivity index (χ2v) is 7.01. The average Bonchev–Trinajstić information content (AvgIpc) is 2.68. The Labute approximate surface area is 158 Å². The first kappa shape index (κ1) is 19.0. The molecule has 1 aromatic carbocycles. The molecule has 3 rings (SSSR count). The molecule has 1 aromatic heterocycles. The van der Waals surface area contributed by atoms with Crippen LogP contribution in [0.4, 0.5) is 4.39 Å². The Hall–Kier alpha value is -2.76. The number of carbonyl (C=O) groups is 2. The Morgan fingerprint density at radius 2 is 2.07 bits per heavy atom. The third-order valence-electron chi connectivity index (χ3n) is 4.98. The molecule has 0 spiro atoms. The number of fused-ring (bicyclic) bond motifs is 1. The van der Waals surface area contributed by atoms with Gasteiger partial charge in [0, 0.05) is 31.8 Å². The molecule has 2 heterocycles. The first-order valence-electron chi connectivity index (χ1n) is 9.02. The SMILES string of the molecule is COC(=O)C1Cc2cnccc2CN1C(=O)C[C@H](C)Cc1ccccc1F. The van der Waals surface area contributed by atoms with Gasteiger partial charge in [0.15, 0.2) is 0 Å². The van der Waals surface area contributed by atoms with Crippen molar-refractivity contribution < 1.29 is 18.7 Å². The molecule has 1 unspecified atom stereocenters. The second kappa shape index (κ2) is 8.29. The summed E-state index contributed by atoms with van der Waals surface area (Å²) in [7, 11) is 1.32. The molecule has 0 saturated carbocycles. The van der Waals surface area contributed by atoms with Gasteiger partial charge >= 0.3 is 5.97 Å². The van der Waals surface area contributed by atoms with Crippen molar-refractivity contribution in [2.45, 2.75) is 38.8 Å². The van der Waals surface area contributed by atoms with Crippen molar-refractivity contribution in [1.29, 1.82) is 0 Å². The third kappa shape index (κ3) is 4.32. The molecule has 0 fully saturated rings. The van der Waals surface area contributed by atoms with E-state index in [9.17, 15) is 14.0 Å². The van der Waals surface area contributed by atoms with Gasteiger partial charge < -0.3 is 9.64 Å². The van der Waals surface area contributed by atoms with Crippen LogP contribution in [0.1, 0.15) is 30.0 Å². The van der Waals surface area contributed by atoms with E-state index in [2.05, 4.69) is 4.98 Å². The highest BCUT2D eigenvalue weighted by molar-refractivity contribution is 5.85. The zero-order valence-electron chi connectivity index (χ0n) is 15.5. The van der Waals surface area contributed by atoms with Gasteiger partial charge in [0.05, 0.1) is 7.11 Å². The summed E-state index contributed by atoms with van der Waals surface area (Å²) in [5, 5.41) is 0. The Kier molecular flexibility index (Phi) is 5.84.